The fourth-order valence-corrected chi connectivity index (χ4v) is 5.40. The topological polar surface area (TPSA) is 67.8 Å². The number of ether oxygens (including phenoxy) is 2. The number of hydrogen-bond donors (Lipinski definition) is 0. The van der Waals surface area contributed by atoms with Gasteiger partial charge in [-0.25, -0.2) is 9.97 Å². The van der Waals surface area contributed by atoms with E-state index in [1.54, 1.807) is 25.6 Å². The minimum Gasteiger partial charge on any atom is -0.383 e. The van der Waals surface area contributed by atoms with Gasteiger partial charge >= 0.3 is 0 Å². The number of aromatic nitrogens is 2. The molecule has 0 N–H and O–H groups in total. The molecule has 1 aliphatic heterocycles. The summed E-state index contributed by atoms with van der Waals surface area (Å²) in [5, 5.41) is 1.09. The van der Waals surface area contributed by atoms with Crippen molar-refractivity contribution in [3.63, 3.8) is 0 Å². The maximum absolute atomic E-state index is 13.2. The first kappa shape index (κ1) is 23.6. The second-order valence-corrected chi connectivity index (χ2v) is 9.39. The number of carbonyl (C=O) groups is 1. The molecule has 1 aliphatic rings. The number of carbonyl (C=O) groups excluding carboxylic acids is 1. The smallest absolute Gasteiger partial charge is 0.225 e. The Balaban J connectivity index is 1.49. The Kier molecular flexibility index (Phi) is 7.90. The van der Waals surface area contributed by atoms with Gasteiger partial charge in [0.1, 0.15) is 16.5 Å². The molecule has 1 fully saturated rings. The molecule has 1 saturated heterocycles. The molecule has 0 unspecified atom stereocenters. The molecular formula is C25H32N4O3S. The zero-order chi connectivity index (χ0) is 23.2. The van der Waals surface area contributed by atoms with Gasteiger partial charge in [-0.1, -0.05) is 30.3 Å². The van der Waals surface area contributed by atoms with Gasteiger partial charge in [0.25, 0.3) is 0 Å². The van der Waals surface area contributed by atoms with Crippen LogP contribution in [-0.2, 0) is 14.3 Å². The molecule has 1 aromatic carbocycles. The van der Waals surface area contributed by atoms with E-state index in [-0.39, 0.29) is 11.8 Å². The van der Waals surface area contributed by atoms with Crippen LogP contribution in [0.2, 0.25) is 0 Å². The van der Waals surface area contributed by atoms with Crippen molar-refractivity contribution < 1.29 is 14.3 Å². The van der Waals surface area contributed by atoms with Crippen molar-refractivity contribution in [3.05, 3.63) is 42.2 Å². The highest BCUT2D eigenvalue weighted by Crippen LogP contribution is 2.37. The summed E-state index contributed by atoms with van der Waals surface area (Å²) >= 11 is 1.70. The van der Waals surface area contributed by atoms with Crippen LogP contribution in [0.25, 0.3) is 20.7 Å². The summed E-state index contributed by atoms with van der Waals surface area (Å²) in [5.41, 5.74) is 1.20. The molecule has 176 valence electrons. The number of nitrogens with zero attached hydrogens (tertiary/aromatic N) is 4. The molecule has 0 spiro atoms. The Labute approximate surface area is 199 Å². The van der Waals surface area contributed by atoms with Crippen LogP contribution in [0, 0.1) is 12.8 Å². The van der Waals surface area contributed by atoms with Crippen LogP contribution in [0.3, 0.4) is 0 Å². The number of anilines is 1. The van der Waals surface area contributed by atoms with Gasteiger partial charge in [-0.05, 0) is 31.4 Å². The standard InChI is InChI=1S/C25H32N4O3S/c1-18-26-23(21-17-22(33-24(21)27-18)19-7-5-4-6-8-19)28-11-9-20(10-12-28)25(30)29(13-15-31-2)14-16-32-3/h4-8,17,20H,9-16H2,1-3H3. The molecule has 0 saturated carbocycles. The molecule has 2 aromatic heterocycles. The van der Waals surface area contributed by atoms with Gasteiger partial charge in [0.05, 0.1) is 18.6 Å². The van der Waals surface area contributed by atoms with Crippen molar-refractivity contribution in [1.82, 2.24) is 14.9 Å². The SMILES string of the molecule is COCCN(CCOC)C(=O)C1CCN(c2nc(C)nc3sc(-c4ccccc4)cc23)CC1. The average molecular weight is 469 g/mol. The summed E-state index contributed by atoms with van der Waals surface area (Å²) in [4.78, 5) is 29.1. The lowest BCUT2D eigenvalue weighted by atomic mass is 9.95. The molecular weight excluding hydrogens is 436 g/mol. The Hall–Kier alpha value is -2.55. The van der Waals surface area contributed by atoms with Gasteiger partial charge in [0.15, 0.2) is 0 Å². The first-order chi connectivity index (χ1) is 16.1. The van der Waals surface area contributed by atoms with Crippen molar-refractivity contribution >= 4 is 33.3 Å². The monoisotopic (exact) mass is 468 g/mol. The minimum atomic E-state index is 0.0238. The van der Waals surface area contributed by atoms with Crippen LogP contribution in [0.5, 0.6) is 0 Å². The zero-order valence-corrected chi connectivity index (χ0v) is 20.4. The van der Waals surface area contributed by atoms with Crippen molar-refractivity contribution in [2.45, 2.75) is 19.8 Å². The van der Waals surface area contributed by atoms with E-state index in [1.165, 1.54) is 10.4 Å². The molecule has 0 aliphatic carbocycles. The largest absolute Gasteiger partial charge is 0.383 e. The van der Waals surface area contributed by atoms with Crippen LogP contribution in [-0.4, -0.2) is 74.4 Å². The second-order valence-electron chi connectivity index (χ2n) is 8.36. The van der Waals surface area contributed by atoms with E-state index in [4.69, 9.17) is 19.4 Å². The summed E-state index contributed by atoms with van der Waals surface area (Å²) in [6, 6.07) is 12.6. The van der Waals surface area contributed by atoms with Crippen molar-refractivity contribution in [3.8, 4) is 10.4 Å². The van der Waals surface area contributed by atoms with Crippen molar-refractivity contribution in [2.24, 2.45) is 5.92 Å². The molecule has 3 heterocycles. The highest BCUT2D eigenvalue weighted by molar-refractivity contribution is 7.21. The van der Waals surface area contributed by atoms with E-state index in [2.05, 4.69) is 35.2 Å². The number of thiophene rings is 1. The van der Waals surface area contributed by atoms with Crippen molar-refractivity contribution in [2.75, 3.05) is 58.5 Å². The summed E-state index contributed by atoms with van der Waals surface area (Å²) in [6.45, 7) is 5.83. The normalized spacial score (nSPS) is 14.7. The highest BCUT2D eigenvalue weighted by Gasteiger charge is 2.30. The van der Waals surface area contributed by atoms with Crippen LogP contribution in [0.4, 0.5) is 5.82 Å². The molecule has 8 heteroatoms. The average Bonchev–Trinajstić information content (AvgIpc) is 3.28. The molecule has 0 radical (unpaired) electrons. The molecule has 7 nitrogen and oxygen atoms in total. The first-order valence-corrected chi connectivity index (χ1v) is 12.3. The third kappa shape index (κ3) is 5.51. The highest BCUT2D eigenvalue weighted by atomic mass is 32.1. The van der Waals surface area contributed by atoms with E-state index in [0.717, 1.165) is 47.8 Å². The summed E-state index contributed by atoms with van der Waals surface area (Å²) in [6.07, 6.45) is 1.63. The summed E-state index contributed by atoms with van der Waals surface area (Å²) < 4.78 is 10.4. The van der Waals surface area contributed by atoms with Crippen LogP contribution >= 0.6 is 11.3 Å². The van der Waals surface area contributed by atoms with E-state index in [1.807, 2.05) is 17.9 Å². The van der Waals surface area contributed by atoms with Crippen LogP contribution < -0.4 is 4.90 Å². The Morgan fingerprint density at radius 1 is 1.09 bits per heavy atom. The number of aryl methyl sites for hydroxylation is 1. The Morgan fingerprint density at radius 2 is 1.76 bits per heavy atom. The van der Waals surface area contributed by atoms with Crippen LogP contribution in [0.1, 0.15) is 18.7 Å². The molecule has 4 rings (SSSR count). The fourth-order valence-electron chi connectivity index (χ4n) is 4.33. The molecule has 0 bridgehead atoms. The van der Waals surface area contributed by atoms with Gasteiger partial charge in [-0.2, -0.15) is 0 Å². The second kappa shape index (κ2) is 11.0. The van der Waals surface area contributed by atoms with Crippen LogP contribution in [0.15, 0.2) is 36.4 Å². The lowest BCUT2D eigenvalue weighted by Gasteiger charge is -2.35. The molecule has 0 atom stereocenters. The quantitative estimate of drug-likeness (QED) is 0.473. The maximum Gasteiger partial charge on any atom is 0.225 e. The number of fused-ring (bicyclic) bond motifs is 1. The number of hydrogen-bond acceptors (Lipinski definition) is 7. The zero-order valence-electron chi connectivity index (χ0n) is 19.6. The van der Waals surface area contributed by atoms with E-state index in [0.29, 0.717) is 26.3 Å². The third-order valence-electron chi connectivity index (χ3n) is 6.13. The molecule has 3 aromatic rings. The lowest BCUT2D eigenvalue weighted by molar-refractivity contribution is -0.137. The minimum absolute atomic E-state index is 0.0238. The van der Waals surface area contributed by atoms with E-state index < -0.39 is 0 Å². The predicted octanol–water partition coefficient (Wildman–Crippen LogP) is 4.00. The maximum atomic E-state index is 13.2. The number of methoxy groups -OCH3 is 2. The fraction of sp³-hybridized carbons (Fsp3) is 0.480. The molecule has 33 heavy (non-hydrogen) atoms. The first-order valence-electron chi connectivity index (χ1n) is 11.5. The third-order valence-corrected chi connectivity index (χ3v) is 7.21. The van der Waals surface area contributed by atoms with Gasteiger partial charge < -0.3 is 19.3 Å². The van der Waals surface area contributed by atoms with Gasteiger partial charge in [-0.3, -0.25) is 4.79 Å². The number of rotatable bonds is 9. The Bertz CT molecular complexity index is 1060. The van der Waals surface area contributed by atoms with E-state index in [9.17, 15) is 4.79 Å². The van der Waals surface area contributed by atoms with Gasteiger partial charge in [0, 0.05) is 51.2 Å². The van der Waals surface area contributed by atoms with Gasteiger partial charge in [0.2, 0.25) is 5.91 Å². The number of amides is 1. The number of benzene rings is 1. The molecule has 1 amide bonds. The predicted molar refractivity (Wildman–Crippen MR) is 133 cm³/mol. The van der Waals surface area contributed by atoms with Gasteiger partial charge in [-0.15, -0.1) is 11.3 Å². The summed E-state index contributed by atoms with van der Waals surface area (Å²) in [7, 11) is 3.32. The number of piperidine rings is 1. The lowest BCUT2D eigenvalue weighted by Crippen LogP contribution is -2.45. The summed E-state index contributed by atoms with van der Waals surface area (Å²) in [5.74, 6) is 1.99. The van der Waals surface area contributed by atoms with Crippen molar-refractivity contribution in [1.29, 1.82) is 0 Å². The van der Waals surface area contributed by atoms with E-state index >= 15 is 0 Å². The Morgan fingerprint density at radius 3 is 2.39 bits per heavy atom.